The first-order chi connectivity index (χ1) is 15.3. The van der Waals surface area contributed by atoms with Crippen LogP contribution in [0.4, 0.5) is 24.8 Å². The molecule has 4 aromatic rings. The van der Waals surface area contributed by atoms with Crippen molar-refractivity contribution in [1.82, 2.24) is 19.9 Å². The number of fused-ring (bicyclic) bond motifs is 1. The van der Waals surface area contributed by atoms with Crippen LogP contribution in [0.1, 0.15) is 10.5 Å². The maximum Gasteiger partial charge on any atom is 0.491 e. The van der Waals surface area contributed by atoms with Gasteiger partial charge in [0, 0.05) is 19.3 Å². The molecule has 11 heteroatoms. The molecular formula is C21H15BrF3N5O2. The van der Waals surface area contributed by atoms with E-state index < -0.39 is 6.30 Å². The highest BCUT2D eigenvalue weighted by Gasteiger charge is 2.37. The normalized spacial score (nSPS) is 11.4. The van der Waals surface area contributed by atoms with E-state index in [0.29, 0.717) is 17.2 Å². The van der Waals surface area contributed by atoms with E-state index in [2.05, 4.69) is 31.4 Å². The van der Waals surface area contributed by atoms with Crippen LogP contribution in [0.2, 0.25) is 0 Å². The Bertz CT molecular complexity index is 1270. The van der Waals surface area contributed by atoms with Crippen molar-refractivity contribution in [2.45, 2.75) is 6.30 Å². The third-order valence-corrected chi connectivity index (χ3v) is 5.19. The molecule has 1 amide bonds. The van der Waals surface area contributed by atoms with Gasteiger partial charge in [0.05, 0.1) is 32.9 Å². The van der Waals surface area contributed by atoms with Crippen LogP contribution in [0, 0.1) is 0 Å². The molecule has 7 nitrogen and oxygen atoms in total. The third-order valence-electron chi connectivity index (χ3n) is 4.46. The third kappa shape index (κ3) is 4.24. The van der Waals surface area contributed by atoms with Crippen LogP contribution in [0.5, 0.6) is 11.5 Å². The summed E-state index contributed by atoms with van der Waals surface area (Å²) in [6, 6.07) is 15.4. The quantitative estimate of drug-likeness (QED) is 0.362. The minimum absolute atomic E-state index is 0.0518. The molecule has 0 unspecified atom stereocenters. The highest BCUT2D eigenvalue weighted by molar-refractivity contribution is 9.10. The number of alkyl halides is 3. The molecule has 0 atom stereocenters. The number of carbonyl (C=O) groups excluding carboxylic acids is 1. The molecule has 164 valence electrons. The van der Waals surface area contributed by atoms with E-state index in [0.717, 1.165) is 0 Å². The van der Waals surface area contributed by atoms with Gasteiger partial charge in [0.1, 0.15) is 17.2 Å². The largest absolute Gasteiger partial charge is 0.491 e. The van der Waals surface area contributed by atoms with Crippen LogP contribution < -0.4 is 14.0 Å². The van der Waals surface area contributed by atoms with E-state index in [-0.39, 0.29) is 33.1 Å². The maximum absolute atomic E-state index is 13.7. The topological polar surface area (TPSA) is 72.3 Å². The average Bonchev–Trinajstić information content (AvgIpc) is 3.19. The second-order valence-corrected chi connectivity index (χ2v) is 7.25. The van der Waals surface area contributed by atoms with Crippen LogP contribution >= 0.6 is 16.1 Å². The van der Waals surface area contributed by atoms with Crippen molar-refractivity contribution in [3.63, 3.8) is 0 Å². The number of anilines is 2. The summed E-state index contributed by atoms with van der Waals surface area (Å²) in [6.45, 7) is 0. The standard InChI is InChI=1S/C21H15BrF3N5O2/c1-26-19(31)17-12-15(10-11-27-17)32-14-8-6-13(7-9-14)30(22)20-28-16-4-2-3-5-18(16)29(20)21(23,24)25/h2-12H,1H3,(H,26,31). The number of ether oxygens (including phenoxy) is 1. The number of nitrogens with one attached hydrogen (secondary N) is 1. The Hall–Kier alpha value is -3.60. The van der Waals surface area contributed by atoms with Crippen molar-refractivity contribution in [3.05, 3.63) is 72.6 Å². The second-order valence-electron chi connectivity index (χ2n) is 6.54. The number of nitrogens with zero attached hydrogens (tertiary/aromatic N) is 4. The van der Waals surface area contributed by atoms with Gasteiger partial charge in [-0.25, -0.2) is 13.5 Å². The van der Waals surface area contributed by atoms with Crippen molar-refractivity contribution in [1.29, 1.82) is 0 Å². The summed E-state index contributed by atoms with van der Waals surface area (Å²) in [6.07, 6.45) is -3.22. The fourth-order valence-corrected chi connectivity index (χ4v) is 3.49. The average molecular weight is 506 g/mol. The minimum Gasteiger partial charge on any atom is -0.457 e. The van der Waals surface area contributed by atoms with Gasteiger partial charge in [-0.15, -0.1) is 13.2 Å². The van der Waals surface area contributed by atoms with Crippen LogP contribution in [-0.2, 0) is 6.30 Å². The zero-order chi connectivity index (χ0) is 22.9. The van der Waals surface area contributed by atoms with E-state index in [9.17, 15) is 18.0 Å². The van der Waals surface area contributed by atoms with Crippen molar-refractivity contribution in [2.75, 3.05) is 11.0 Å². The van der Waals surface area contributed by atoms with Gasteiger partial charge in [-0.1, -0.05) is 12.1 Å². The Morgan fingerprint density at radius 2 is 1.81 bits per heavy atom. The Morgan fingerprint density at radius 1 is 1.09 bits per heavy atom. The fourth-order valence-electron chi connectivity index (χ4n) is 3.02. The first-order valence-corrected chi connectivity index (χ1v) is 9.95. The molecule has 2 heterocycles. The van der Waals surface area contributed by atoms with Crippen LogP contribution in [0.25, 0.3) is 11.0 Å². The monoisotopic (exact) mass is 505 g/mol. The van der Waals surface area contributed by atoms with Gasteiger partial charge in [-0.05, 0) is 42.5 Å². The molecule has 2 aromatic carbocycles. The highest BCUT2D eigenvalue weighted by atomic mass is 79.9. The Labute approximate surface area is 188 Å². The number of hydrogen-bond donors (Lipinski definition) is 1. The summed E-state index contributed by atoms with van der Waals surface area (Å²) in [7, 11) is 1.50. The number of rotatable bonds is 5. The lowest BCUT2D eigenvalue weighted by Crippen LogP contribution is -2.20. The molecule has 32 heavy (non-hydrogen) atoms. The summed E-state index contributed by atoms with van der Waals surface area (Å²) < 4.78 is 48.3. The first kappa shape index (κ1) is 21.6. The van der Waals surface area contributed by atoms with E-state index in [1.54, 1.807) is 36.4 Å². The smallest absolute Gasteiger partial charge is 0.457 e. The van der Waals surface area contributed by atoms with E-state index in [1.165, 1.54) is 41.4 Å². The number of halogens is 4. The molecule has 4 rings (SSSR count). The molecule has 0 spiro atoms. The van der Waals surface area contributed by atoms with E-state index in [1.807, 2.05) is 0 Å². The summed E-state index contributed by atoms with van der Waals surface area (Å²) >= 11 is 3.20. The number of aromatic nitrogens is 3. The number of para-hydroxylation sites is 2. The molecule has 0 aliphatic carbocycles. The van der Waals surface area contributed by atoms with E-state index >= 15 is 0 Å². The molecule has 2 aromatic heterocycles. The first-order valence-electron chi connectivity index (χ1n) is 9.24. The highest BCUT2D eigenvalue weighted by Crippen LogP contribution is 2.38. The van der Waals surface area contributed by atoms with Gasteiger partial charge in [0.25, 0.3) is 5.91 Å². The molecule has 1 N–H and O–H groups in total. The molecule has 0 saturated carbocycles. The minimum atomic E-state index is -4.66. The van der Waals surface area contributed by atoms with Crippen LogP contribution in [0.15, 0.2) is 66.9 Å². The zero-order valence-electron chi connectivity index (χ0n) is 16.5. The fraction of sp³-hybridized carbons (Fsp3) is 0.0952. The Morgan fingerprint density at radius 3 is 2.50 bits per heavy atom. The number of pyridine rings is 1. The predicted octanol–water partition coefficient (Wildman–Crippen LogP) is 5.51. The van der Waals surface area contributed by atoms with Crippen molar-refractivity contribution < 1.29 is 22.7 Å². The SMILES string of the molecule is CNC(=O)c1cc(Oc2ccc(N(Br)c3nc4ccccc4n3C(F)(F)F)cc2)ccn1. The van der Waals surface area contributed by atoms with Gasteiger partial charge in [-0.3, -0.25) is 9.78 Å². The predicted molar refractivity (Wildman–Crippen MR) is 116 cm³/mol. The van der Waals surface area contributed by atoms with Crippen molar-refractivity contribution >= 4 is 44.7 Å². The summed E-state index contributed by atoms with van der Waals surface area (Å²) in [5.41, 5.74) is 0.760. The molecule has 0 aliphatic heterocycles. The van der Waals surface area contributed by atoms with Crippen molar-refractivity contribution in [2.24, 2.45) is 0 Å². The Kier molecular flexibility index (Phi) is 5.74. The Balaban J connectivity index is 1.61. The molecule has 0 bridgehead atoms. The number of hydrogen-bond acceptors (Lipinski definition) is 5. The van der Waals surface area contributed by atoms with Gasteiger partial charge in [-0.2, -0.15) is 0 Å². The van der Waals surface area contributed by atoms with E-state index in [4.69, 9.17) is 4.74 Å². The maximum atomic E-state index is 13.7. The van der Waals surface area contributed by atoms with Gasteiger partial charge < -0.3 is 10.1 Å². The summed E-state index contributed by atoms with van der Waals surface area (Å²) in [5, 5.41) is 2.48. The molecule has 0 saturated heterocycles. The molecule has 0 radical (unpaired) electrons. The van der Waals surface area contributed by atoms with Crippen LogP contribution in [0.3, 0.4) is 0 Å². The number of imidazole rings is 1. The number of amides is 1. The van der Waals surface area contributed by atoms with Gasteiger partial charge in [0.2, 0.25) is 5.95 Å². The van der Waals surface area contributed by atoms with Crippen molar-refractivity contribution in [3.8, 4) is 11.5 Å². The lowest BCUT2D eigenvalue weighted by molar-refractivity contribution is -0.199. The lowest BCUT2D eigenvalue weighted by Gasteiger charge is -2.19. The van der Waals surface area contributed by atoms with Gasteiger partial charge in [0.15, 0.2) is 0 Å². The molecule has 0 fully saturated rings. The lowest BCUT2D eigenvalue weighted by atomic mass is 10.3. The number of benzene rings is 2. The van der Waals surface area contributed by atoms with Crippen LogP contribution in [-0.4, -0.2) is 27.5 Å². The second kappa shape index (κ2) is 8.50. The summed E-state index contributed by atoms with van der Waals surface area (Å²) in [4.78, 5) is 19.8. The molecular weight excluding hydrogens is 491 g/mol. The zero-order valence-corrected chi connectivity index (χ0v) is 18.1. The molecule has 0 aliphatic rings. The van der Waals surface area contributed by atoms with Gasteiger partial charge >= 0.3 is 6.30 Å². The number of carbonyl (C=O) groups is 1. The summed E-state index contributed by atoms with van der Waals surface area (Å²) in [5.74, 6) is 0.124.